The number of hydrogen-bond acceptors (Lipinski definition) is 4. The minimum atomic E-state index is -0.417. The van der Waals surface area contributed by atoms with Crippen LogP contribution in [0.25, 0.3) is 0 Å². The molecule has 2 aliphatic rings. The maximum absolute atomic E-state index is 12.4. The summed E-state index contributed by atoms with van der Waals surface area (Å²) < 4.78 is 0. The van der Waals surface area contributed by atoms with Crippen molar-refractivity contribution < 1.29 is 9.72 Å². The standard InChI is InChI=1S/C14H17N3O3/c1-9-8-11(17(19)20)4-5-13(9)16-7-6-12(14(16)18)15-10-2-3-10/h4-5,8,10,12,15H,2-3,6-7H2,1H3. The molecule has 1 atom stereocenters. The van der Waals surface area contributed by atoms with E-state index in [4.69, 9.17) is 0 Å². The molecular formula is C14H17N3O3. The fraction of sp³-hybridized carbons (Fsp3) is 0.500. The molecule has 0 aromatic heterocycles. The van der Waals surface area contributed by atoms with Gasteiger partial charge in [-0.25, -0.2) is 0 Å². The number of amides is 1. The summed E-state index contributed by atoms with van der Waals surface area (Å²) in [7, 11) is 0. The number of rotatable bonds is 4. The molecule has 1 saturated heterocycles. The summed E-state index contributed by atoms with van der Waals surface area (Å²) >= 11 is 0. The lowest BCUT2D eigenvalue weighted by molar-refractivity contribution is -0.384. The highest BCUT2D eigenvalue weighted by molar-refractivity contribution is 6.00. The van der Waals surface area contributed by atoms with Gasteiger partial charge in [0.1, 0.15) is 0 Å². The van der Waals surface area contributed by atoms with Gasteiger partial charge in [0.15, 0.2) is 0 Å². The topological polar surface area (TPSA) is 75.5 Å². The zero-order chi connectivity index (χ0) is 14.3. The van der Waals surface area contributed by atoms with Gasteiger partial charge in [-0.2, -0.15) is 0 Å². The number of carbonyl (C=O) groups is 1. The molecule has 1 aromatic rings. The normalized spacial score (nSPS) is 22.4. The molecule has 1 saturated carbocycles. The van der Waals surface area contributed by atoms with Crippen LogP contribution in [-0.2, 0) is 4.79 Å². The Hall–Kier alpha value is -1.95. The average molecular weight is 275 g/mol. The van der Waals surface area contributed by atoms with Crippen molar-refractivity contribution in [3.63, 3.8) is 0 Å². The average Bonchev–Trinajstić information content (AvgIpc) is 3.15. The summed E-state index contributed by atoms with van der Waals surface area (Å²) in [4.78, 5) is 24.4. The van der Waals surface area contributed by atoms with E-state index in [-0.39, 0.29) is 17.6 Å². The first-order chi connectivity index (χ1) is 9.56. The predicted molar refractivity (Wildman–Crippen MR) is 74.7 cm³/mol. The number of hydrogen-bond donors (Lipinski definition) is 1. The molecule has 1 amide bonds. The number of nitro benzene ring substituents is 1. The second-order valence-electron chi connectivity index (χ2n) is 5.50. The molecule has 3 rings (SSSR count). The Morgan fingerprint density at radius 3 is 2.70 bits per heavy atom. The van der Waals surface area contributed by atoms with Crippen LogP contribution < -0.4 is 10.2 Å². The summed E-state index contributed by atoms with van der Waals surface area (Å²) in [6.45, 7) is 2.47. The van der Waals surface area contributed by atoms with Crippen LogP contribution in [0, 0.1) is 17.0 Å². The van der Waals surface area contributed by atoms with E-state index in [1.165, 1.54) is 12.1 Å². The number of nitro groups is 1. The van der Waals surface area contributed by atoms with E-state index in [0.29, 0.717) is 12.6 Å². The first kappa shape index (κ1) is 13.1. The van der Waals surface area contributed by atoms with Gasteiger partial charge in [-0.3, -0.25) is 14.9 Å². The van der Waals surface area contributed by atoms with E-state index in [0.717, 1.165) is 30.5 Å². The lowest BCUT2D eigenvalue weighted by atomic mass is 10.1. The Kier molecular flexibility index (Phi) is 3.17. The molecule has 0 radical (unpaired) electrons. The van der Waals surface area contributed by atoms with Gasteiger partial charge in [0.05, 0.1) is 11.0 Å². The molecule has 1 aliphatic carbocycles. The van der Waals surface area contributed by atoms with Crippen LogP contribution in [0.3, 0.4) is 0 Å². The molecule has 2 fully saturated rings. The van der Waals surface area contributed by atoms with Crippen LogP contribution in [0.15, 0.2) is 18.2 Å². The van der Waals surface area contributed by atoms with E-state index in [9.17, 15) is 14.9 Å². The van der Waals surface area contributed by atoms with Gasteiger partial charge in [-0.05, 0) is 37.8 Å². The van der Waals surface area contributed by atoms with Gasteiger partial charge in [-0.15, -0.1) is 0 Å². The molecule has 1 heterocycles. The van der Waals surface area contributed by atoms with Crippen molar-refractivity contribution in [3.05, 3.63) is 33.9 Å². The summed E-state index contributed by atoms with van der Waals surface area (Å²) in [6.07, 6.45) is 3.10. The van der Waals surface area contributed by atoms with Crippen LogP contribution in [0.4, 0.5) is 11.4 Å². The Bertz CT molecular complexity index is 569. The maximum Gasteiger partial charge on any atom is 0.269 e. The Balaban J connectivity index is 1.79. The van der Waals surface area contributed by atoms with E-state index >= 15 is 0 Å². The maximum atomic E-state index is 12.4. The SMILES string of the molecule is Cc1cc([N+](=O)[O-])ccc1N1CCC(NC2CC2)C1=O. The molecule has 0 spiro atoms. The van der Waals surface area contributed by atoms with Crippen LogP contribution in [0.5, 0.6) is 0 Å². The molecule has 1 unspecified atom stereocenters. The van der Waals surface area contributed by atoms with Crippen LogP contribution in [-0.4, -0.2) is 29.5 Å². The fourth-order valence-corrected chi connectivity index (χ4v) is 2.66. The fourth-order valence-electron chi connectivity index (χ4n) is 2.66. The number of aryl methyl sites for hydroxylation is 1. The highest BCUT2D eigenvalue weighted by Gasteiger charge is 2.36. The van der Waals surface area contributed by atoms with Crippen LogP contribution in [0.1, 0.15) is 24.8 Å². The largest absolute Gasteiger partial charge is 0.311 e. The van der Waals surface area contributed by atoms with E-state index in [1.807, 2.05) is 0 Å². The number of benzene rings is 1. The van der Waals surface area contributed by atoms with Crippen molar-refractivity contribution in [1.29, 1.82) is 0 Å². The smallest absolute Gasteiger partial charge is 0.269 e. The quantitative estimate of drug-likeness (QED) is 0.671. The third-order valence-electron chi connectivity index (χ3n) is 3.90. The second-order valence-corrected chi connectivity index (χ2v) is 5.50. The molecule has 106 valence electrons. The van der Waals surface area contributed by atoms with Gasteiger partial charge in [0, 0.05) is 30.4 Å². The molecule has 1 aromatic carbocycles. The second kappa shape index (κ2) is 4.86. The van der Waals surface area contributed by atoms with Crippen LogP contribution in [0.2, 0.25) is 0 Å². The zero-order valence-electron chi connectivity index (χ0n) is 11.3. The van der Waals surface area contributed by atoms with E-state index < -0.39 is 4.92 Å². The number of non-ortho nitro benzene ring substituents is 1. The van der Waals surface area contributed by atoms with Crippen molar-refractivity contribution in [2.45, 2.75) is 38.3 Å². The van der Waals surface area contributed by atoms with E-state index in [1.54, 1.807) is 17.9 Å². The first-order valence-electron chi connectivity index (χ1n) is 6.89. The lowest BCUT2D eigenvalue weighted by Gasteiger charge is -2.19. The summed E-state index contributed by atoms with van der Waals surface area (Å²) in [5.74, 6) is 0.0776. The summed E-state index contributed by atoms with van der Waals surface area (Å²) in [6, 6.07) is 5.05. The van der Waals surface area contributed by atoms with Crippen LogP contribution >= 0.6 is 0 Å². The zero-order valence-corrected chi connectivity index (χ0v) is 11.3. The summed E-state index contributed by atoms with van der Waals surface area (Å²) in [5, 5.41) is 14.1. The van der Waals surface area contributed by atoms with Gasteiger partial charge in [0.2, 0.25) is 5.91 Å². The predicted octanol–water partition coefficient (Wildman–Crippen LogP) is 1.76. The van der Waals surface area contributed by atoms with Gasteiger partial charge < -0.3 is 10.2 Å². The summed E-state index contributed by atoms with van der Waals surface area (Å²) in [5.41, 5.74) is 1.60. The van der Waals surface area contributed by atoms with Crippen molar-refractivity contribution in [1.82, 2.24) is 5.32 Å². The molecule has 6 heteroatoms. The number of nitrogens with one attached hydrogen (secondary N) is 1. The first-order valence-corrected chi connectivity index (χ1v) is 6.89. The third kappa shape index (κ3) is 2.38. The van der Waals surface area contributed by atoms with Crippen molar-refractivity contribution >= 4 is 17.3 Å². The molecule has 1 aliphatic heterocycles. The minimum absolute atomic E-state index is 0.0607. The molecule has 20 heavy (non-hydrogen) atoms. The van der Waals surface area contributed by atoms with Crippen molar-refractivity contribution in [2.75, 3.05) is 11.4 Å². The van der Waals surface area contributed by atoms with E-state index in [2.05, 4.69) is 5.32 Å². The minimum Gasteiger partial charge on any atom is -0.311 e. The monoisotopic (exact) mass is 275 g/mol. The third-order valence-corrected chi connectivity index (χ3v) is 3.90. The molecule has 0 bridgehead atoms. The number of anilines is 1. The molecular weight excluding hydrogens is 258 g/mol. The van der Waals surface area contributed by atoms with Gasteiger partial charge >= 0.3 is 0 Å². The Morgan fingerprint density at radius 2 is 2.10 bits per heavy atom. The van der Waals surface area contributed by atoms with Gasteiger partial charge in [-0.1, -0.05) is 0 Å². The highest BCUT2D eigenvalue weighted by Crippen LogP contribution is 2.29. The Morgan fingerprint density at radius 1 is 1.35 bits per heavy atom. The Labute approximate surface area is 116 Å². The van der Waals surface area contributed by atoms with Crippen molar-refractivity contribution in [2.24, 2.45) is 0 Å². The lowest BCUT2D eigenvalue weighted by Crippen LogP contribution is -2.39. The highest BCUT2D eigenvalue weighted by atomic mass is 16.6. The van der Waals surface area contributed by atoms with Crippen molar-refractivity contribution in [3.8, 4) is 0 Å². The van der Waals surface area contributed by atoms with Gasteiger partial charge in [0.25, 0.3) is 5.69 Å². The number of nitrogens with zero attached hydrogens (tertiary/aromatic N) is 2. The molecule has 1 N–H and O–H groups in total. The number of carbonyl (C=O) groups excluding carboxylic acids is 1. The molecule has 6 nitrogen and oxygen atoms in total.